The monoisotopic (exact) mass is 386 g/mol. The zero-order chi connectivity index (χ0) is 20.0. The molecule has 2 atom stereocenters. The van der Waals surface area contributed by atoms with Gasteiger partial charge in [0.2, 0.25) is 5.79 Å². The Morgan fingerprint density at radius 1 is 1.32 bits per heavy atom. The molecule has 0 amide bonds. The van der Waals surface area contributed by atoms with Crippen LogP contribution in [-0.4, -0.2) is 60.4 Å². The maximum atomic E-state index is 11.1. The van der Waals surface area contributed by atoms with Gasteiger partial charge < -0.3 is 19.3 Å². The molecule has 0 aliphatic carbocycles. The molecular formula is C21H26N2O5. The summed E-state index contributed by atoms with van der Waals surface area (Å²) in [5.74, 6) is -1.18. The van der Waals surface area contributed by atoms with Gasteiger partial charge in [0.05, 0.1) is 20.3 Å². The third-order valence-electron chi connectivity index (χ3n) is 4.86. The molecule has 0 spiro atoms. The number of ether oxygens (including phenoxy) is 3. The maximum Gasteiger partial charge on any atom is 0.343 e. The van der Waals surface area contributed by atoms with E-state index in [9.17, 15) is 9.90 Å². The lowest BCUT2D eigenvalue weighted by atomic mass is 10.0. The van der Waals surface area contributed by atoms with Gasteiger partial charge >= 0.3 is 5.97 Å². The smallest absolute Gasteiger partial charge is 0.343 e. The first-order valence-corrected chi connectivity index (χ1v) is 9.30. The van der Waals surface area contributed by atoms with Crippen molar-refractivity contribution in [3.05, 3.63) is 59.9 Å². The molecule has 1 aromatic carbocycles. The van der Waals surface area contributed by atoms with Crippen molar-refractivity contribution < 1.29 is 24.1 Å². The van der Waals surface area contributed by atoms with Crippen LogP contribution in [0.2, 0.25) is 0 Å². The van der Waals surface area contributed by atoms with Crippen molar-refractivity contribution >= 4 is 5.97 Å². The van der Waals surface area contributed by atoms with Gasteiger partial charge in [-0.15, -0.1) is 0 Å². The van der Waals surface area contributed by atoms with Crippen LogP contribution in [0.15, 0.2) is 48.7 Å². The molecule has 1 saturated heterocycles. The first kappa shape index (κ1) is 20.3. The Bertz CT molecular complexity index is 768. The fraction of sp³-hybridized carbons (Fsp3) is 0.429. The van der Waals surface area contributed by atoms with Gasteiger partial charge in [0, 0.05) is 18.8 Å². The van der Waals surface area contributed by atoms with Gasteiger partial charge in [0.1, 0.15) is 11.4 Å². The largest absolute Gasteiger partial charge is 0.482 e. The molecule has 3 rings (SSSR count). The number of aliphatic hydroxyl groups is 1. The number of methoxy groups -OCH3 is 1. The van der Waals surface area contributed by atoms with E-state index < -0.39 is 11.8 Å². The van der Waals surface area contributed by atoms with Crippen molar-refractivity contribution in [3.63, 3.8) is 0 Å². The second-order valence-electron chi connectivity index (χ2n) is 6.88. The highest BCUT2D eigenvalue weighted by atomic mass is 16.6. The average molecular weight is 386 g/mol. The van der Waals surface area contributed by atoms with Gasteiger partial charge in [-0.1, -0.05) is 18.2 Å². The molecule has 1 aromatic heterocycles. The lowest BCUT2D eigenvalue weighted by Gasteiger charge is -2.41. The number of carbonyl (C=O) groups excluding carboxylic acids is 1. The number of rotatable bonds is 7. The van der Waals surface area contributed by atoms with Crippen LogP contribution in [0, 0.1) is 0 Å². The number of nitrogens with zero attached hydrogens (tertiary/aromatic N) is 2. The predicted molar refractivity (Wildman–Crippen MR) is 103 cm³/mol. The third-order valence-corrected chi connectivity index (χ3v) is 4.86. The van der Waals surface area contributed by atoms with Crippen molar-refractivity contribution in [3.8, 4) is 5.75 Å². The fourth-order valence-corrected chi connectivity index (χ4v) is 3.25. The van der Waals surface area contributed by atoms with Crippen LogP contribution in [-0.2, 0) is 26.5 Å². The predicted octanol–water partition coefficient (Wildman–Crippen LogP) is 1.74. The average Bonchev–Trinajstić information content (AvgIpc) is 2.73. The molecule has 1 aliphatic heterocycles. The molecule has 7 heteroatoms. The summed E-state index contributed by atoms with van der Waals surface area (Å²) >= 11 is 0. The first-order chi connectivity index (χ1) is 13.5. The molecule has 1 aliphatic rings. The molecule has 7 nitrogen and oxygen atoms in total. The number of aromatic nitrogens is 1. The maximum absolute atomic E-state index is 11.1. The minimum atomic E-state index is -1.39. The summed E-state index contributed by atoms with van der Waals surface area (Å²) in [4.78, 5) is 17.6. The summed E-state index contributed by atoms with van der Waals surface area (Å²) in [7, 11) is 1.33. The Labute approximate surface area is 164 Å². The summed E-state index contributed by atoms with van der Waals surface area (Å²) in [6.07, 6.45) is 2.47. The Balaban J connectivity index is 1.58. The van der Waals surface area contributed by atoms with E-state index in [0.29, 0.717) is 24.6 Å². The quantitative estimate of drug-likeness (QED) is 0.726. The zero-order valence-corrected chi connectivity index (χ0v) is 16.2. The standard InChI is InChI=1S/C21H26N2O5/c1-16(13-17-6-8-18(9-7-17)27-14-20(24)26-2)23-11-12-28-21(25,15-23)19-5-3-4-10-22-19/h3-10,16,25H,11-15H2,1-2H3. The number of morpholine rings is 1. The van der Waals surface area contributed by atoms with Gasteiger partial charge in [-0.25, -0.2) is 4.79 Å². The topological polar surface area (TPSA) is 81.1 Å². The Morgan fingerprint density at radius 3 is 2.79 bits per heavy atom. The van der Waals surface area contributed by atoms with Crippen LogP contribution in [0.25, 0.3) is 0 Å². The van der Waals surface area contributed by atoms with E-state index in [2.05, 4.69) is 21.5 Å². The van der Waals surface area contributed by atoms with Crippen LogP contribution in [0.3, 0.4) is 0 Å². The van der Waals surface area contributed by atoms with Gasteiger partial charge in [0.25, 0.3) is 0 Å². The molecule has 2 unspecified atom stereocenters. The Hall–Kier alpha value is -2.48. The van der Waals surface area contributed by atoms with Gasteiger partial charge in [-0.2, -0.15) is 0 Å². The number of pyridine rings is 1. The van der Waals surface area contributed by atoms with Gasteiger partial charge in [-0.3, -0.25) is 9.88 Å². The zero-order valence-electron chi connectivity index (χ0n) is 16.2. The highest BCUT2D eigenvalue weighted by Gasteiger charge is 2.38. The summed E-state index contributed by atoms with van der Waals surface area (Å²) < 4.78 is 15.6. The van der Waals surface area contributed by atoms with Gasteiger partial charge in [0.15, 0.2) is 6.61 Å². The molecule has 150 valence electrons. The highest BCUT2D eigenvalue weighted by molar-refractivity contribution is 5.70. The number of hydrogen-bond donors (Lipinski definition) is 1. The second kappa shape index (κ2) is 9.14. The van der Waals surface area contributed by atoms with Crippen LogP contribution in [0.5, 0.6) is 5.75 Å². The number of benzene rings is 1. The van der Waals surface area contributed by atoms with E-state index in [0.717, 1.165) is 18.5 Å². The lowest BCUT2D eigenvalue weighted by molar-refractivity contribution is -0.254. The van der Waals surface area contributed by atoms with E-state index in [1.54, 1.807) is 12.3 Å². The van der Waals surface area contributed by atoms with E-state index in [-0.39, 0.29) is 12.6 Å². The minimum absolute atomic E-state index is 0.105. The fourth-order valence-electron chi connectivity index (χ4n) is 3.25. The number of β-amino-alcohol motifs (C(OH)–C–C–N with tert-alkyl or cyclic N) is 1. The van der Waals surface area contributed by atoms with Crippen molar-refractivity contribution in [1.82, 2.24) is 9.88 Å². The van der Waals surface area contributed by atoms with Crippen LogP contribution in [0.4, 0.5) is 0 Å². The molecular weight excluding hydrogens is 360 g/mol. The molecule has 0 saturated carbocycles. The van der Waals surface area contributed by atoms with Crippen LogP contribution in [0.1, 0.15) is 18.2 Å². The molecule has 28 heavy (non-hydrogen) atoms. The third kappa shape index (κ3) is 5.07. The van der Waals surface area contributed by atoms with Crippen molar-refractivity contribution in [2.75, 3.05) is 33.4 Å². The van der Waals surface area contributed by atoms with Gasteiger partial charge in [-0.05, 0) is 43.2 Å². The van der Waals surface area contributed by atoms with Crippen molar-refractivity contribution in [2.24, 2.45) is 0 Å². The van der Waals surface area contributed by atoms with E-state index in [1.165, 1.54) is 7.11 Å². The molecule has 0 bridgehead atoms. The van der Waals surface area contributed by atoms with Crippen LogP contribution < -0.4 is 4.74 Å². The summed E-state index contributed by atoms with van der Waals surface area (Å²) in [6, 6.07) is 13.3. The molecule has 1 fully saturated rings. The lowest BCUT2D eigenvalue weighted by Crippen LogP contribution is -2.53. The second-order valence-corrected chi connectivity index (χ2v) is 6.88. The highest BCUT2D eigenvalue weighted by Crippen LogP contribution is 2.27. The minimum Gasteiger partial charge on any atom is -0.482 e. The summed E-state index contributed by atoms with van der Waals surface area (Å²) in [6.45, 7) is 3.58. The number of esters is 1. The molecule has 2 aromatic rings. The molecule has 0 radical (unpaired) electrons. The Morgan fingerprint density at radius 2 is 2.11 bits per heavy atom. The summed E-state index contributed by atoms with van der Waals surface area (Å²) in [5, 5.41) is 10.9. The van der Waals surface area contributed by atoms with E-state index in [1.807, 2.05) is 36.4 Å². The molecule has 2 heterocycles. The van der Waals surface area contributed by atoms with Crippen molar-refractivity contribution in [2.45, 2.75) is 25.2 Å². The van der Waals surface area contributed by atoms with Crippen molar-refractivity contribution in [1.29, 1.82) is 0 Å². The number of carbonyl (C=O) groups is 1. The Kier molecular flexibility index (Phi) is 6.61. The van der Waals surface area contributed by atoms with E-state index >= 15 is 0 Å². The summed E-state index contributed by atoms with van der Waals surface area (Å²) in [5.41, 5.74) is 1.67. The van der Waals surface area contributed by atoms with E-state index in [4.69, 9.17) is 9.47 Å². The normalized spacial score (nSPS) is 21.1. The SMILES string of the molecule is COC(=O)COc1ccc(CC(C)N2CCOC(O)(c3ccccn3)C2)cc1. The first-order valence-electron chi connectivity index (χ1n) is 9.30. The van der Waals surface area contributed by atoms with Crippen LogP contribution >= 0.6 is 0 Å². The molecule has 1 N–H and O–H groups in total. The number of hydrogen-bond acceptors (Lipinski definition) is 7.